The lowest BCUT2D eigenvalue weighted by Gasteiger charge is -2.42. The van der Waals surface area contributed by atoms with Gasteiger partial charge >= 0.3 is 5.97 Å². The number of fused-ring (bicyclic) bond motifs is 9. The first kappa shape index (κ1) is 32.6. The molecule has 47 heavy (non-hydrogen) atoms. The molecule has 0 saturated carbocycles. The molecule has 3 atom stereocenters. The topological polar surface area (TPSA) is 116 Å². The first-order valence-corrected chi connectivity index (χ1v) is 18.8. The first-order chi connectivity index (χ1) is 22.5. The zero-order valence-electron chi connectivity index (χ0n) is 26.4. The Hall–Kier alpha value is -2.89. The molecule has 0 spiro atoms. The molecule has 250 valence electrons. The molecular weight excluding hydrogens is 661 g/mol. The molecule has 12 heteroatoms. The number of aliphatic carboxylic acids is 1. The van der Waals surface area contributed by atoms with Crippen molar-refractivity contribution < 1.29 is 32.2 Å². The van der Waals surface area contributed by atoms with Crippen LogP contribution in [0.5, 0.6) is 0 Å². The van der Waals surface area contributed by atoms with Crippen LogP contribution in [0.15, 0.2) is 53.7 Å². The quantitative estimate of drug-likeness (QED) is 0.136. The second kappa shape index (κ2) is 12.5. The molecule has 5 heterocycles. The van der Waals surface area contributed by atoms with Crippen molar-refractivity contribution in [3.8, 4) is 0 Å². The fourth-order valence-corrected chi connectivity index (χ4v) is 9.20. The van der Waals surface area contributed by atoms with E-state index in [1.54, 1.807) is 0 Å². The van der Waals surface area contributed by atoms with E-state index in [1.807, 2.05) is 12.1 Å². The van der Waals surface area contributed by atoms with E-state index in [4.69, 9.17) is 33.0 Å². The number of unbranched alkanes of at least 4 members (excludes halogenated alkanes) is 3. The molecule has 3 unspecified atom stereocenters. The largest absolute Gasteiger partial charge is 0.748 e. The maximum absolute atomic E-state index is 11.4. The normalized spacial score (nSPS) is 23.2. The van der Waals surface area contributed by atoms with E-state index >= 15 is 0 Å². The summed E-state index contributed by atoms with van der Waals surface area (Å²) in [5.41, 5.74) is 7.47. The minimum atomic E-state index is -4.27. The zero-order chi connectivity index (χ0) is 33.1. The number of carboxylic acids is 1. The lowest BCUT2D eigenvalue weighted by atomic mass is 9.74. The van der Waals surface area contributed by atoms with E-state index in [-0.39, 0.29) is 29.8 Å². The second-order valence-electron chi connectivity index (χ2n) is 13.4. The number of ether oxygens (including phenoxy) is 1. The van der Waals surface area contributed by atoms with Gasteiger partial charge in [0.2, 0.25) is 0 Å². The predicted octanol–water partition coefficient (Wildman–Crippen LogP) is 6.59. The van der Waals surface area contributed by atoms with Crippen molar-refractivity contribution in [2.75, 3.05) is 17.2 Å². The molecular formula is C35H39Cl2N3O6S. The van der Waals surface area contributed by atoms with Crippen LogP contribution in [0.2, 0.25) is 10.0 Å². The number of hydrogen-bond donors (Lipinski definition) is 1. The van der Waals surface area contributed by atoms with Crippen molar-refractivity contribution in [3.63, 3.8) is 0 Å². The Morgan fingerprint density at radius 2 is 1.87 bits per heavy atom. The standard InChI is InChI=1S/C35H39Cl2N3O6S/c1-35(14-6-8-18-47(43,44)45)24-9-4-5-10-27(24)38-16-12-30-22(33(35)38)19-23-31(46-30)13-17-40-29-21-26(37)25(36)20-28(29)39(34(23)40)15-7-2-3-11-32(41)42/h4-5,9-10,19-21,30-31H,2-3,6-8,11-18H2,1H3,(H-,41,42,43,44,45). The average Bonchev–Trinajstić information content (AvgIpc) is 3.47. The van der Waals surface area contributed by atoms with Crippen LogP contribution in [0, 0.1) is 0 Å². The molecule has 9 nitrogen and oxygen atoms in total. The number of hydrogen-bond acceptors (Lipinski definition) is 6. The third kappa shape index (κ3) is 5.90. The number of aromatic nitrogens is 2. The highest BCUT2D eigenvalue weighted by Crippen LogP contribution is 2.55. The molecule has 7 rings (SSSR count). The van der Waals surface area contributed by atoms with Crippen LogP contribution < -0.4 is 9.47 Å². The molecule has 3 aromatic rings. The Bertz CT molecular complexity index is 1940. The van der Waals surface area contributed by atoms with Crippen molar-refractivity contribution in [1.82, 2.24) is 4.57 Å². The Balaban J connectivity index is 1.34. The van der Waals surface area contributed by atoms with Crippen molar-refractivity contribution in [2.45, 2.75) is 95.4 Å². The van der Waals surface area contributed by atoms with Crippen LogP contribution >= 0.6 is 23.2 Å². The van der Waals surface area contributed by atoms with Gasteiger partial charge in [-0.3, -0.25) is 4.79 Å². The van der Waals surface area contributed by atoms with E-state index in [0.717, 1.165) is 66.8 Å². The number of imidazole rings is 1. The highest BCUT2D eigenvalue weighted by molar-refractivity contribution is 7.85. The molecule has 0 fully saturated rings. The average molecular weight is 701 g/mol. The number of anilines is 1. The Kier molecular flexibility index (Phi) is 8.70. The van der Waals surface area contributed by atoms with Crippen molar-refractivity contribution in [1.29, 1.82) is 0 Å². The number of nitrogens with zero attached hydrogens (tertiary/aromatic N) is 3. The van der Waals surface area contributed by atoms with Crippen LogP contribution in [0.4, 0.5) is 5.69 Å². The molecule has 0 saturated heterocycles. The Labute approximate surface area is 285 Å². The number of aryl methyl sites for hydroxylation is 2. The summed E-state index contributed by atoms with van der Waals surface area (Å²) in [4.78, 5) is 13.5. The number of halogens is 2. The van der Waals surface area contributed by atoms with E-state index in [2.05, 4.69) is 51.3 Å². The summed E-state index contributed by atoms with van der Waals surface area (Å²) in [7, 11) is -4.27. The highest BCUT2D eigenvalue weighted by Gasteiger charge is 2.50. The molecule has 4 aliphatic rings. The van der Waals surface area contributed by atoms with Crippen molar-refractivity contribution >= 4 is 61.6 Å². The van der Waals surface area contributed by atoms with Crippen LogP contribution in [0.1, 0.15) is 76.1 Å². The summed E-state index contributed by atoms with van der Waals surface area (Å²) in [6.07, 6.45) is 7.94. The third-order valence-electron chi connectivity index (χ3n) is 10.4. The Morgan fingerprint density at radius 1 is 1.09 bits per heavy atom. The number of rotatable bonds is 11. The van der Waals surface area contributed by atoms with Gasteiger partial charge in [0, 0.05) is 59.6 Å². The van der Waals surface area contributed by atoms with Gasteiger partial charge in [-0.05, 0) is 63.2 Å². The summed E-state index contributed by atoms with van der Waals surface area (Å²) in [6.45, 7) is 4.54. The second-order valence-corrected chi connectivity index (χ2v) is 15.7. The van der Waals surface area contributed by atoms with Crippen molar-refractivity contribution in [3.05, 3.63) is 75.2 Å². The summed E-state index contributed by atoms with van der Waals surface area (Å²) < 4.78 is 45.7. The highest BCUT2D eigenvalue weighted by atomic mass is 35.5. The Morgan fingerprint density at radius 3 is 2.66 bits per heavy atom. The third-order valence-corrected chi connectivity index (χ3v) is 11.9. The van der Waals surface area contributed by atoms with E-state index in [0.29, 0.717) is 42.3 Å². The number of carboxylic acid groups (broad SMARTS) is 1. The predicted molar refractivity (Wildman–Crippen MR) is 181 cm³/mol. The minimum absolute atomic E-state index is 0.0602. The fourth-order valence-electron chi connectivity index (χ4n) is 8.33. The zero-order valence-corrected chi connectivity index (χ0v) is 28.7. The van der Waals surface area contributed by atoms with Gasteiger partial charge in [-0.1, -0.05) is 47.8 Å². The van der Waals surface area contributed by atoms with Gasteiger partial charge in [-0.25, -0.2) is 17.6 Å². The summed E-state index contributed by atoms with van der Waals surface area (Å²) in [5.74, 6) is -0.0678. The van der Waals surface area contributed by atoms with E-state index < -0.39 is 16.1 Å². The van der Waals surface area contributed by atoms with Crippen LogP contribution in [-0.2, 0) is 38.2 Å². The monoisotopic (exact) mass is 699 g/mol. The number of benzene rings is 2. The molecule has 1 aromatic heterocycles. The molecule has 0 bridgehead atoms. The molecule has 0 amide bonds. The summed E-state index contributed by atoms with van der Waals surface area (Å²) >= 11 is 13.1. The lowest BCUT2D eigenvalue weighted by molar-refractivity contribution is -0.679. The smallest absolute Gasteiger partial charge is 0.303 e. The van der Waals surface area contributed by atoms with Crippen LogP contribution in [0.25, 0.3) is 16.6 Å². The van der Waals surface area contributed by atoms with Gasteiger partial charge in [0.05, 0.1) is 51.0 Å². The van der Waals surface area contributed by atoms with E-state index in [1.165, 1.54) is 16.9 Å². The van der Waals surface area contributed by atoms with Crippen LogP contribution in [0.3, 0.4) is 0 Å². The van der Waals surface area contributed by atoms with Gasteiger partial charge in [-0.2, -0.15) is 0 Å². The SMILES string of the molecule is CC1(CCCCS(=O)(=O)[O-])C2=C3C=C4c5n(CCCCCC(=O)O)c6cc(Cl)c(Cl)cc6[n+]5CCC4OC3CCN2c2ccccc21. The van der Waals surface area contributed by atoms with E-state index in [9.17, 15) is 17.8 Å². The molecule has 0 aliphatic carbocycles. The van der Waals surface area contributed by atoms with Gasteiger partial charge in [0.25, 0.3) is 5.82 Å². The maximum Gasteiger partial charge on any atom is 0.303 e. The number of allylic oxidation sites excluding steroid dienone is 1. The van der Waals surface area contributed by atoms with Gasteiger partial charge in [0.15, 0.2) is 11.0 Å². The number of carbonyl (C=O) groups is 1. The number of para-hydroxylation sites is 1. The van der Waals surface area contributed by atoms with Gasteiger partial charge in [0.1, 0.15) is 0 Å². The molecule has 2 aromatic carbocycles. The minimum Gasteiger partial charge on any atom is -0.748 e. The van der Waals surface area contributed by atoms with Gasteiger partial charge in [-0.15, -0.1) is 0 Å². The molecule has 0 radical (unpaired) electrons. The lowest BCUT2D eigenvalue weighted by Crippen LogP contribution is -2.49. The molecule has 4 aliphatic heterocycles. The van der Waals surface area contributed by atoms with Crippen molar-refractivity contribution in [2.24, 2.45) is 0 Å². The maximum atomic E-state index is 11.4. The van der Waals surface area contributed by atoms with Crippen LogP contribution in [-0.4, -0.2) is 53.1 Å². The molecule has 1 N–H and O–H groups in total. The fraction of sp³-hybridized carbons (Fsp3) is 0.486. The summed E-state index contributed by atoms with van der Waals surface area (Å²) in [6, 6.07) is 12.3. The first-order valence-electron chi connectivity index (χ1n) is 16.5. The van der Waals surface area contributed by atoms with Gasteiger partial charge < -0.3 is 19.3 Å². The summed E-state index contributed by atoms with van der Waals surface area (Å²) in [5, 5.41) is 10.1.